The highest BCUT2D eigenvalue weighted by Crippen LogP contribution is 2.62. The van der Waals surface area contributed by atoms with Crippen molar-refractivity contribution < 1.29 is 73.5 Å². The van der Waals surface area contributed by atoms with E-state index >= 15 is 0 Å². The van der Waals surface area contributed by atoms with Crippen LogP contribution >= 0.6 is 21.6 Å². The van der Waals surface area contributed by atoms with E-state index in [-0.39, 0.29) is 48.9 Å². The number of benzene rings is 1. The number of fused-ring (bicyclic) bond motifs is 5. The van der Waals surface area contributed by atoms with Crippen molar-refractivity contribution in [3.05, 3.63) is 61.9 Å². The van der Waals surface area contributed by atoms with Crippen molar-refractivity contribution in [1.82, 2.24) is 19.8 Å². The van der Waals surface area contributed by atoms with E-state index in [0.29, 0.717) is 37.3 Å². The lowest BCUT2D eigenvalue weighted by molar-refractivity contribution is -0.457. The number of halogens is 9. The fraction of sp³-hybridized carbons (Fsp3) is 0.788. The summed E-state index contributed by atoms with van der Waals surface area (Å²) in [7, 11) is 5.93. The monoisotopic (exact) mass is 1130 g/mol. The van der Waals surface area contributed by atoms with Gasteiger partial charge in [-0.3, -0.25) is 19.1 Å². The molecule has 3 fully saturated rings. The van der Waals surface area contributed by atoms with E-state index < -0.39 is 73.4 Å². The Kier molecular flexibility index (Phi) is 22.9. The van der Waals surface area contributed by atoms with Crippen LogP contribution < -0.4 is 21.3 Å². The van der Waals surface area contributed by atoms with Gasteiger partial charge in [-0.2, -0.15) is 39.5 Å². The van der Waals surface area contributed by atoms with Crippen LogP contribution in [-0.4, -0.2) is 138 Å². The molecule has 1 saturated heterocycles. The zero-order valence-corrected chi connectivity index (χ0v) is 44.9. The van der Waals surface area contributed by atoms with Crippen LogP contribution in [0, 0.1) is 17.3 Å². The third kappa shape index (κ3) is 15.7. The second-order valence-electron chi connectivity index (χ2n) is 21.0. The lowest BCUT2D eigenvalue weighted by Gasteiger charge is -2.50. The van der Waals surface area contributed by atoms with E-state index in [1.165, 1.54) is 41.2 Å². The number of aryl methyl sites for hydroxylation is 2. The zero-order chi connectivity index (χ0) is 55.3. The Labute approximate surface area is 445 Å². The van der Waals surface area contributed by atoms with Crippen LogP contribution in [0.15, 0.2) is 34.0 Å². The summed E-state index contributed by atoms with van der Waals surface area (Å²) in [6, 6.07) is 6.36. The van der Waals surface area contributed by atoms with Crippen LogP contribution in [0.1, 0.15) is 138 Å². The number of amides is 1. The van der Waals surface area contributed by atoms with Gasteiger partial charge in [0.2, 0.25) is 5.91 Å². The first-order valence-corrected chi connectivity index (χ1v) is 29.2. The van der Waals surface area contributed by atoms with E-state index in [9.17, 15) is 64.1 Å². The quantitative estimate of drug-likeness (QED) is 0.0333. The molecule has 432 valence electrons. The Balaban J connectivity index is 0.756. The average Bonchev–Trinajstić information content (AvgIpc) is 3.90. The number of ether oxygens (including phenoxy) is 4. The maximum Gasteiger partial charge on any atom is 0.435 e. The summed E-state index contributed by atoms with van der Waals surface area (Å²) >= 11 is 0. The maximum atomic E-state index is 13.2. The number of nitrogens with zero attached hydrogens (tertiary/aromatic N) is 2. The van der Waals surface area contributed by atoms with Gasteiger partial charge in [0.15, 0.2) is 0 Å². The number of nitrogens with one attached hydrogen (secondary N) is 2. The fourth-order valence-corrected chi connectivity index (χ4v) is 14.0. The number of aromatic amines is 1. The molecule has 76 heavy (non-hydrogen) atoms. The molecule has 0 spiro atoms. The molecule has 0 radical (unpaired) electrons. The van der Waals surface area contributed by atoms with Gasteiger partial charge >= 0.3 is 29.8 Å². The van der Waals surface area contributed by atoms with Crippen molar-refractivity contribution in [2.24, 2.45) is 17.3 Å². The Morgan fingerprint density at radius 1 is 0.882 bits per heavy atom. The van der Waals surface area contributed by atoms with Crippen molar-refractivity contribution in [3.8, 4) is 5.75 Å². The van der Waals surface area contributed by atoms with Gasteiger partial charge in [-0.05, 0) is 137 Å². The zero-order valence-electron chi connectivity index (χ0n) is 43.3. The highest BCUT2D eigenvalue weighted by molar-refractivity contribution is 8.76. The van der Waals surface area contributed by atoms with Gasteiger partial charge in [-0.1, -0.05) is 60.3 Å². The number of likely N-dealkylation sites (N-methyl/N-ethyl adjacent to an activating group) is 1. The summed E-state index contributed by atoms with van der Waals surface area (Å²) in [5.41, 5.74) is -4.95. The van der Waals surface area contributed by atoms with Gasteiger partial charge < -0.3 is 39.4 Å². The third-order valence-corrected chi connectivity index (χ3v) is 18.5. The largest absolute Gasteiger partial charge is 0.492 e. The maximum absolute atomic E-state index is 13.2. The van der Waals surface area contributed by atoms with E-state index in [1.54, 1.807) is 0 Å². The Bertz CT molecular complexity index is 2230. The lowest BCUT2D eigenvalue weighted by atomic mass is 9.55. The van der Waals surface area contributed by atoms with Gasteiger partial charge in [0.25, 0.3) is 5.56 Å². The van der Waals surface area contributed by atoms with Gasteiger partial charge in [0, 0.05) is 55.8 Å². The van der Waals surface area contributed by atoms with Gasteiger partial charge in [0.1, 0.15) is 24.7 Å². The number of aliphatic hydroxyl groups is 2. The van der Waals surface area contributed by atoms with Crippen molar-refractivity contribution in [2.75, 3.05) is 64.6 Å². The highest BCUT2D eigenvalue weighted by atomic mass is 33.1. The molecule has 0 bridgehead atoms. The fourth-order valence-electron chi connectivity index (χ4n) is 11.7. The minimum Gasteiger partial charge on any atom is -0.492 e. The van der Waals surface area contributed by atoms with E-state index in [1.807, 2.05) is 27.7 Å². The second kappa shape index (κ2) is 27.9. The van der Waals surface area contributed by atoms with E-state index in [4.69, 9.17) is 14.2 Å². The van der Waals surface area contributed by atoms with Crippen molar-refractivity contribution >= 4 is 27.5 Å². The molecule has 8 unspecified atom stereocenters. The molecule has 1 aliphatic heterocycles. The minimum atomic E-state index is -6.75. The molecule has 2 heterocycles. The number of hydrogen-bond donors (Lipinski definition) is 4. The van der Waals surface area contributed by atoms with Crippen molar-refractivity contribution in [3.63, 3.8) is 0 Å². The summed E-state index contributed by atoms with van der Waals surface area (Å²) in [5, 5.41) is 22.2. The summed E-state index contributed by atoms with van der Waals surface area (Å²) in [5.74, 6) is 3.87. The molecule has 4 aliphatic rings. The van der Waals surface area contributed by atoms with E-state index in [0.717, 1.165) is 94.6 Å². The van der Waals surface area contributed by atoms with Gasteiger partial charge in [0.05, 0.1) is 25.4 Å². The molecule has 2 aromatic rings. The number of unbranched alkanes of at least 4 members (excludes halogenated alkanes) is 6. The number of rotatable bonds is 30. The number of carbonyl (C=O) groups is 1. The van der Waals surface area contributed by atoms with Crippen LogP contribution in [0.3, 0.4) is 0 Å². The predicted molar refractivity (Wildman–Crippen MR) is 271 cm³/mol. The minimum absolute atomic E-state index is 0.0874. The van der Waals surface area contributed by atoms with Crippen LogP contribution in [0.4, 0.5) is 39.5 Å². The Morgan fingerprint density at radius 3 is 2.24 bits per heavy atom. The topological polar surface area (TPSA) is 165 Å². The standard InChI is InChI=1S/C52H75F9N4O9S2/c1-48-21-20-38-37-16-14-36(30-34(37)12-15-39(38)40(48)17-18-43(48)72-25-11-26-73-49(50(53,54)55,51(56,57)58)52(59,60)61)71-27-24-64(2)23-8-4-6-10-29-76-75-28-9-5-3-7-22-62-44(68)19-13-35-32-65(47(70)63-46(35)69)45-31-41(67)42(33-66)74-45/h14,16,30,32,38-43,45,66-67H,3-13,15,17-29,31,33H2,1-2H3,(H,62,68)(H,63,69,70). The number of carbonyl (C=O) groups excluding carboxylic acids is 1. The lowest BCUT2D eigenvalue weighted by Crippen LogP contribution is -2.67. The molecule has 2 saturated carbocycles. The smallest absolute Gasteiger partial charge is 0.435 e. The average molecular weight is 1140 g/mol. The number of H-pyrrole nitrogens is 1. The molecular weight excluding hydrogens is 1060 g/mol. The highest BCUT2D eigenvalue weighted by Gasteiger charge is 2.85. The molecule has 3 aliphatic carbocycles. The van der Waals surface area contributed by atoms with Crippen LogP contribution in [0.5, 0.6) is 5.75 Å². The Hall–Kier alpha value is -3.00. The summed E-state index contributed by atoms with van der Waals surface area (Å²) in [6.07, 6.45) is -8.29. The first kappa shape index (κ1) is 62.2. The summed E-state index contributed by atoms with van der Waals surface area (Å²) in [6.45, 7) is 2.88. The molecule has 4 N–H and O–H groups in total. The number of aromatic nitrogens is 2. The molecule has 1 amide bonds. The Morgan fingerprint density at radius 2 is 1.57 bits per heavy atom. The first-order valence-electron chi connectivity index (χ1n) is 26.7. The normalized spacial score (nSPS) is 24.9. The number of hydrogen-bond acceptors (Lipinski definition) is 12. The SMILES string of the molecule is CN(CCCCCCSSCCCCCCNC(=O)CCc1cn(C2CC(O)C(CO)O2)c(=O)[nH]c1=O)CCOc1ccc2c(c1)CCC1C2CCC2(C)C(OCCCOC(C(F)(F)F)(C(F)(F)F)C(F)(F)F)CCC12. The summed E-state index contributed by atoms with van der Waals surface area (Å²) in [4.78, 5) is 41.6. The van der Waals surface area contributed by atoms with Gasteiger partial charge in [-0.25, -0.2) is 4.79 Å². The molecule has 1 aromatic heterocycles. The molecule has 1 aromatic carbocycles. The van der Waals surface area contributed by atoms with Crippen LogP contribution in [0.2, 0.25) is 0 Å². The number of alkyl halides is 9. The van der Waals surface area contributed by atoms with Crippen LogP contribution in [-0.2, 0) is 31.8 Å². The summed E-state index contributed by atoms with van der Waals surface area (Å²) < 4.78 is 142. The predicted octanol–water partition coefficient (Wildman–Crippen LogP) is 9.81. The molecular formula is C52H75F9N4O9S2. The van der Waals surface area contributed by atoms with E-state index in [2.05, 4.69) is 46.0 Å². The molecule has 24 heteroatoms. The molecule has 8 atom stereocenters. The third-order valence-electron chi connectivity index (χ3n) is 15.9. The molecule has 13 nitrogen and oxygen atoms in total. The van der Waals surface area contributed by atoms with Crippen molar-refractivity contribution in [2.45, 2.75) is 177 Å². The van der Waals surface area contributed by atoms with Gasteiger partial charge in [-0.15, -0.1) is 0 Å². The first-order chi connectivity index (χ1) is 36.0. The van der Waals surface area contributed by atoms with Crippen LogP contribution in [0.25, 0.3) is 0 Å². The van der Waals surface area contributed by atoms with Crippen molar-refractivity contribution in [1.29, 1.82) is 0 Å². The molecule has 6 rings (SSSR count). The number of aliphatic hydroxyl groups excluding tert-OH is 2. The second-order valence-corrected chi connectivity index (χ2v) is 23.7.